The molecular weight excluding hydrogens is 259 g/mol. The molecule has 0 bridgehead atoms. The second-order valence-corrected chi connectivity index (χ2v) is 4.05. The number of aliphatic hydroxyl groups is 1. The topological polar surface area (TPSA) is 57.2 Å². The van der Waals surface area contributed by atoms with Gasteiger partial charge < -0.3 is 15.7 Å². The lowest BCUT2D eigenvalue weighted by molar-refractivity contribution is -0.137. The van der Waals surface area contributed by atoms with Crippen LogP contribution < -0.4 is 10.6 Å². The molecule has 19 heavy (non-hydrogen) atoms. The molecule has 1 aromatic heterocycles. The summed E-state index contributed by atoms with van der Waals surface area (Å²) in [7, 11) is 0. The number of anilines is 2. The van der Waals surface area contributed by atoms with Gasteiger partial charge in [-0.1, -0.05) is 6.92 Å². The average molecular weight is 277 g/mol. The van der Waals surface area contributed by atoms with E-state index in [4.69, 9.17) is 5.11 Å². The van der Waals surface area contributed by atoms with Gasteiger partial charge in [-0.25, -0.2) is 4.98 Å². The second kappa shape index (κ2) is 7.18. The maximum absolute atomic E-state index is 12.7. The Bertz CT molecular complexity index is 396. The van der Waals surface area contributed by atoms with Crippen LogP contribution in [0.3, 0.4) is 0 Å². The van der Waals surface area contributed by atoms with Crippen molar-refractivity contribution >= 4 is 11.6 Å². The molecule has 1 rings (SSSR count). The summed E-state index contributed by atoms with van der Waals surface area (Å²) in [6.07, 6.45) is -3.15. The van der Waals surface area contributed by atoms with Gasteiger partial charge in [-0.05, 0) is 25.0 Å². The van der Waals surface area contributed by atoms with E-state index in [2.05, 4.69) is 15.6 Å². The largest absolute Gasteiger partial charge is 0.416 e. The van der Waals surface area contributed by atoms with Crippen LogP contribution in [0.2, 0.25) is 0 Å². The first kappa shape index (κ1) is 15.6. The van der Waals surface area contributed by atoms with E-state index in [9.17, 15) is 13.2 Å². The predicted octanol–water partition coefficient (Wildman–Crippen LogP) is 2.72. The van der Waals surface area contributed by atoms with Gasteiger partial charge in [-0.3, -0.25) is 0 Å². The molecule has 7 heteroatoms. The van der Waals surface area contributed by atoms with E-state index in [1.807, 2.05) is 6.92 Å². The Kier molecular flexibility index (Phi) is 5.88. The van der Waals surface area contributed by atoms with Crippen LogP contribution in [0.5, 0.6) is 0 Å². The zero-order valence-corrected chi connectivity index (χ0v) is 10.7. The molecule has 4 nitrogen and oxygen atoms in total. The van der Waals surface area contributed by atoms with Crippen molar-refractivity contribution in [2.45, 2.75) is 25.9 Å². The standard InChI is InChI=1S/C12H18F3N3O/c1-2-4-16-10-7-9(12(13,14)15)8-11(18-10)17-5-3-6-19/h7-8,19H,2-6H2,1H3,(H2,16,17,18). The first-order valence-electron chi connectivity index (χ1n) is 6.15. The smallest absolute Gasteiger partial charge is 0.396 e. The molecule has 108 valence electrons. The van der Waals surface area contributed by atoms with Gasteiger partial charge >= 0.3 is 6.18 Å². The normalized spacial score (nSPS) is 11.4. The van der Waals surface area contributed by atoms with E-state index < -0.39 is 11.7 Å². The van der Waals surface area contributed by atoms with E-state index in [0.29, 0.717) is 19.5 Å². The highest BCUT2D eigenvalue weighted by molar-refractivity contribution is 5.49. The number of nitrogens with one attached hydrogen (secondary N) is 2. The van der Waals surface area contributed by atoms with Crippen LogP contribution >= 0.6 is 0 Å². The fraction of sp³-hybridized carbons (Fsp3) is 0.583. The zero-order chi connectivity index (χ0) is 14.3. The summed E-state index contributed by atoms with van der Waals surface area (Å²) >= 11 is 0. The number of hydrogen-bond acceptors (Lipinski definition) is 4. The Morgan fingerprint density at radius 2 is 1.74 bits per heavy atom. The highest BCUT2D eigenvalue weighted by Gasteiger charge is 2.31. The van der Waals surface area contributed by atoms with E-state index in [0.717, 1.165) is 18.6 Å². The summed E-state index contributed by atoms with van der Waals surface area (Å²) in [6, 6.07) is 1.96. The maximum atomic E-state index is 12.7. The first-order valence-corrected chi connectivity index (χ1v) is 6.15. The number of halogens is 3. The minimum Gasteiger partial charge on any atom is -0.396 e. The summed E-state index contributed by atoms with van der Waals surface area (Å²) in [5.74, 6) is 0.352. The molecule has 3 N–H and O–H groups in total. The molecule has 0 aliphatic carbocycles. The third-order valence-corrected chi connectivity index (χ3v) is 2.35. The number of aliphatic hydroxyl groups excluding tert-OH is 1. The van der Waals surface area contributed by atoms with Crippen LogP contribution in [0.4, 0.5) is 24.8 Å². The van der Waals surface area contributed by atoms with Crippen LogP contribution in [-0.2, 0) is 6.18 Å². The third-order valence-electron chi connectivity index (χ3n) is 2.35. The van der Waals surface area contributed by atoms with Gasteiger partial charge in [0.15, 0.2) is 0 Å². The lowest BCUT2D eigenvalue weighted by Gasteiger charge is -2.13. The highest BCUT2D eigenvalue weighted by Crippen LogP contribution is 2.32. The summed E-state index contributed by atoms with van der Waals surface area (Å²) in [6.45, 7) is 2.83. The van der Waals surface area contributed by atoms with E-state index in [1.54, 1.807) is 0 Å². The van der Waals surface area contributed by atoms with Gasteiger partial charge in [0.25, 0.3) is 0 Å². The Morgan fingerprint density at radius 3 is 2.21 bits per heavy atom. The second-order valence-electron chi connectivity index (χ2n) is 4.05. The average Bonchev–Trinajstić information content (AvgIpc) is 2.35. The molecule has 1 heterocycles. The molecule has 0 unspecified atom stereocenters. The number of rotatable bonds is 7. The van der Waals surface area contributed by atoms with Gasteiger partial charge in [-0.2, -0.15) is 13.2 Å². The molecule has 0 amide bonds. The molecule has 0 aromatic carbocycles. The van der Waals surface area contributed by atoms with Crippen LogP contribution in [0.15, 0.2) is 12.1 Å². The first-order chi connectivity index (χ1) is 8.97. The SMILES string of the molecule is CCCNc1cc(C(F)(F)F)cc(NCCCO)n1. The minimum absolute atomic E-state index is 0.0209. The summed E-state index contributed by atoms with van der Waals surface area (Å²) in [4.78, 5) is 4.05. The number of pyridine rings is 1. The number of alkyl halides is 3. The fourth-order valence-electron chi connectivity index (χ4n) is 1.42. The molecule has 0 saturated carbocycles. The molecule has 1 aromatic rings. The quantitative estimate of drug-likeness (QED) is 0.671. The molecular formula is C12H18F3N3O. The molecule has 0 radical (unpaired) electrons. The fourth-order valence-corrected chi connectivity index (χ4v) is 1.42. The van der Waals surface area contributed by atoms with Crippen molar-refractivity contribution in [2.24, 2.45) is 0 Å². The van der Waals surface area contributed by atoms with Crippen LogP contribution in [-0.4, -0.2) is 29.8 Å². The number of hydrogen-bond donors (Lipinski definition) is 3. The monoisotopic (exact) mass is 277 g/mol. The summed E-state index contributed by atoms with van der Waals surface area (Å²) in [5, 5.41) is 14.2. The van der Waals surface area contributed by atoms with Crippen molar-refractivity contribution in [2.75, 3.05) is 30.3 Å². The van der Waals surface area contributed by atoms with Crippen molar-refractivity contribution in [1.82, 2.24) is 4.98 Å². The molecule has 0 aliphatic rings. The van der Waals surface area contributed by atoms with Crippen LogP contribution in [0.25, 0.3) is 0 Å². The van der Waals surface area contributed by atoms with Crippen molar-refractivity contribution in [3.8, 4) is 0 Å². The number of nitrogens with zero attached hydrogens (tertiary/aromatic N) is 1. The Labute approximate surface area is 110 Å². The number of aromatic nitrogens is 1. The van der Waals surface area contributed by atoms with Crippen molar-refractivity contribution in [3.63, 3.8) is 0 Å². The maximum Gasteiger partial charge on any atom is 0.416 e. The Morgan fingerprint density at radius 1 is 1.16 bits per heavy atom. The van der Waals surface area contributed by atoms with Crippen molar-refractivity contribution in [1.29, 1.82) is 0 Å². The lowest BCUT2D eigenvalue weighted by atomic mass is 10.2. The van der Waals surface area contributed by atoms with E-state index >= 15 is 0 Å². The van der Waals surface area contributed by atoms with Gasteiger partial charge in [0.1, 0.15) is 11.6 Å². The van der Waals surface area contributed by atoms with Crippen LogP contribution in [0.1, 0.15) is 25.3 Å². The molecule has 0 saturated heterocycles. The summed E-state index contributed by atoms with van der Waals surface area (Å²) in [5.41, 5.74) is -0.743. The molecule has 0 spiro atoms. The van der Waals surface area contributed by atoms with Gasteiger partial charge in [0.05, 0.1) is 5.56 Å². The Hall–Kier alpha value is -1.50. The minimum atomic E-state index is -4.40. The highest BCUT2D eigenvalue weighted by atomic mass is 19.4. The molecule has 0 aliphatic heterocycles. The Balaban J connectivity index is 2.89. The third kappa shape index (κ3) is 5.34. The molecule has 0 atom stereocenters. The zero-order valence-electron chi connectivity index (χ0n) is 10.7. The van der Waals surface area contributed by atoms with E-state index in [1.165, 1.54) is 0 Å². The van der Waals surface area contributed by atoms with Gasteiger partial charge in [0.2, 0.25) is 0 Å². The van der Waals surface area contributed by atoms with Gasteiger partial charge in [-0.15, -0.1) is 0 Å². The predicted molar refractivity (Wildman–Crippen MR) is 68.2 cm³/mol. The van der Waals surface area contributed by atoms with E-state index in [-0.39, 0.29) is 18.2 Å². The summed E-state index contributed by atoms with van der Waals surface area (Å²) < 4.78 is 38.2. The van der Waals surface area contributed by atoms with Crippen molar-refractivity contribution in [3.05, 3.63) is 17.7 Å². The van der Waals surface area contributed by atoms with Crippen LogP contribution in [0, 0.1) is 0 Å². The van der Waals surface area contributed by atoms with Gasteiger partial charge in [0, 0.05) is 19.7 Å². The van der Waals surface area contributed by atoms with Crippen molar-refractivity contribution < 1.29 is 18.3 Å². The molecule has 0 fully saturated rings. The lowest BCUT2D eigenvalue weighted by Crippen LogP contribution is -2.12.